The van der Waals surface area contributed by atoms with E-state index in [2.05, 4.69) is 205 Å². The second-order valence-corrected chi connectivity index (χ2v) is 15.2. The van der Waals surface area contributed by atoms with Crippen molar-refractivity contribution >= 4 is 82.5 Å². The number of hydrogen-bond donors (Lipinski definition) is 0. The van der Waals surface area contributed by atoms with Crippen molar-refractivity contribution < 1.29 is 8.83 Å². The quantitative estimate of drug-likeness (QED) is 0.169. The van der Waals surface area contributed by atoms with E-state index in [0.29, 0.717) is 0 Å². The summed E-state index contributed by atoms with van der Waals surface area (Å²) < 4.78 is 12.9. The topological polar surface area (TPSA) is 29.5 Å². The van der Waals surface area contributed by atoms with Crippen LogP contribution in [0, 0.1) is 0 Å². The van der Waals surface area contributed by atoms with E-state index < -0.39 is 0 Å². The summed E-state index contributed by atoms with van der Waals surface area (Å²) in [6.07, 6.45) is 0. The third-order valence-electron chi connectivity index (χ3n) is 11.9. The lowest BCUT2D eigenvalue weighted by atomic mass is 9.95. The summed E-state index contributed by atoms with van der Waals surface area (Å²) in [7, 11) is 0. The third kappa shape index (κ3) is 5.44. The molecule has 0 fully saturated rings. The number of nitrogens with zero attached hydrogens (tertiary/aromatic N) is 1. The van der Waals surface area contributed by atoms with E-state index in [1.54, 1.807) is 0 Å². The number of para-hydroxylation sites is 1. The normalized spacial score (nSPS) is 11.7. The molecule has 0 aliphatic carbocycles. The van der Waals surface area contributed by atoms with Gasteiger partial charge in [0.1, 0.15) is 22.3 Å². The Morgan fingerprint density at radius 3 is 1.69 bits per heavy atom. The van der Waals surface area contributed by atoms with Gasteiger partial charge in [-0.05, 0) is 110 Å². The molecule has 0 amide bonds. The van der Waals surface area contributed by atoms with Gasteiger partial charge >= 0.3 is 0 Å². The second kappa shape index (κ2) is 13.4. The first-order valence-electron chi connectivity index (χ1n) is 20.1. The van der Waals surface area contributed by atoms with E-state index in [1.807, 2.05) is 12.1 Å². The molecule has 3 heteroatoms. The van der Waals surface area contributed by atoms with Crippen LogP contribution in [0.2, 0.25) is 0 Å². The molecule has 12 rings (SSSR count). The van der Waals surface area contributed by atoms with Gasteiger partial charge < -0.3 is 13.7 Å². The van der Waals surface area contributed by atoms with Crippen LogP contribution in [0.5, 0.6) is 0 Å². The zero-order chi connectivity index (χ0) is 38.9. The maximum absolute atomic E-state index is 6.69. The van der Waals surface area contributed by atoms with Gasteiger partial charge in [-0.1, -0.05) is 152 Å². The Bertz CT molecular complexity index is 3550. The van der Waals surface area contributed by atoms with Gasteiger partial charge in [-0.25, -0.2) is 0 Å². The third-order valence-corrected chi connectivity index (χ3v) is 11.9. The number of benzene rings is 10. The molecule has 0 saturated heterocycles. The molecule has 0 aliphatic rings. The molecule has 10 aromatic carbocycles. The Balaban J connectivity index is 1.00. The molecule has 0 bridgehead atoms. The maximum Gasteiger partial charge on any atom is 0.143 e. The first kappa shape index (κ1) is 33.3. The van der Waals surface area contributed by atoms with Gasteiger partial charge in [0.05, 0.1) is 11.1 Å². The van der Waals surface area contributed by atoms with Crippen LogP contribution in [-0.2, 0) is 0 Å². The molecular weight excluding hydrogens is 719 g/mol. The molecule has 0 saturated carbocycles. The molecule has 276 valence electrons. The van der Waals surface area contributed by atoms with Gasteiger partial charge in [-0.3, -0.25) is 0 Å². The van der Waals surface area contributed by atoms with Crippen LogP contribution in [0.15, 0.2) is 221 Å². The monoisotopic (exact) mass is 753 g/mol. The van der Waals surface area contributed by atoms with Crippen LogP contribution in [0.1, 0.15) is 0 Å². The van der Waals surface area contributed by atoms with Crippen molar-refractivity contribution in [3.05, 3.63) is 212 Å². The lowest BCUT2D eigenvalue weighted by Gasteiger charge is -2.26. The molecule has 0 aliphatic heterocycles. The second-order valence-electron chi connectivity index (χ2n) is 15.2. The van der Waals surface area contributed by atoms with Crippen LogP contribution in [0.4, 0.5) is 17.1 Å². The number of rotatable bonds is 6. The highest BCUT2D eigenvalue weighted by atomic mass is 16.3. The molecule has 0 unspecified atom stereocenters. The fourth-order valence-corrected chi connectivity index (χ4v) is 9.10. The van der Waals surface area contributed by atoms with Crippen molar-refractivity contribution in [1.82, 2.24) is 0 Å². The van der Waals surface area contributed by atoms with Crippen LogP contribution in [0.3, 0.4) is 0 Å². The Morgan fingerprint density at radius 2 is 0.881 bits per heavy atom. The van der Waals surface area contributed by atoms with E-state index in [9.17, 15) is 0 Å². The summed E-state index contributed by atoms with van der Waals surface area (Å²) in [4.78, 5) is 2.36. The minimum Gasteiger partial charge on any atom is -0.456 e. The summed E-state index contributed by atoms with van der Waals surface area (Å²) in [5, 5.41) is 9.21. The van der Waals surface area contributed by atoms with Crippen molar-refractivity contribution in [3.63, 3.8) is 0 Å². The molecule has 59 heavy (non-hydrogen) atoms. The average Bonchev–Trinajstić information content (AvgIpc) is 3.89. The number of anilines is 3. The molecule has 2 heterocycles. The van der Waals surface area contributed by atoms with Crippen molar-refractivity contribution in [2.45, 2.75) is 0 Å². The number of fused-ring (bicyclic) bond motifs is 9. The largest absolute Gasteiger partial charge is 0.456 e. The molecular formula is C56H35NO2. The Morgan fingerprint density at radius 1 is 0.305 bits per heavy atom. The Hall–Kier alpha value is -7.88. The number of furan rings is 2. The Labute approximate surface area is 340 Å². The van der Waals surface area contributed by atoms with Crippen molar-refractivity contribution in [2.75, 3.05) is 4.90 Å². The summed E-state index contributed by atoms with van der Waals surface area (Å²) in [6.45, 7) is 0. The maximum atomic E-state index is 6.69. The van der Waals surface area contributed by atoms with Gasteiger partial charge in [0, 0.05) is 32.9 Å². The summed E-state index contributed by atoms with van der Waals surface area (Å²) in [5.41, 5.74) is 13.8. The minimum absolute atomic E-state index is 0.857. The lowest BCUT2D eigenvalue weighted by Crippen LogP contribution is -2.10. The molecule has 3 nitrogen and oxygen atoms in total. The van der Waals surface area contributed by atoms with Crippen molar-refractivity contribution in [2.24, 2.45) is 0 Å². The van der Waals surface area contributed by atoms with Crippen molar-refractivity contribution in [1.29, 1.82) is 0 Å². The summed E-state index contributed by atoms with van der Waals surface area (Å²) >= 11 is 0. The van der Waals surface area contributed by atoms with Crippen LogP contribution in [0.25, 0.3) is 98.8 Å². The van der Waals surface area contributed by atoms with E-state index in [4.69, 9.17) is 8.83 Å². The highest BCUT2D eigenvalue weighted by Gasteiger charge is 2.21. The fraction of sp³-hybridized carbons (Fsp3) is 0. The fourth-order valence-electron chi connectivity index (χ4n) is 9.10. The molecule has 0 radical (unpaired) electrons. The van der Waals surface area contributed by atoms with E-state index in [0.717, 1.165) is 88.4 Å². The smallest absolute Gasteiger partial charge is 0.143 e. The summed E-state index contributed by atoms with van der Waals surface area (Å²) in [6, 6.07) is 75.7. The first-order chi connectivity index (χ1) is 29.2. The van der Waals surface area contributed by atoms with Crippen molar-refractivity contribution in [3.8, 4) is 33.4 Å². The highest BCUT2D eigenvalue weighted by Crippen LogP contribution is 2.45. The van der Waals surface area contributed by atoms with E-state index >= 15 is 0 Å². The average molecular weight is 754 g/mol. The number of hydrogen-bond acceptors (Lipinski definition) is 3. The lowest BCUT2D eigenvalue weighted by molar-refractivity contribution is 0.669. The molecule has 2 aromatic heterocycles. The highest BCUT2D eigenvalue weighted by molar-refractivity contribution is 6.20. The van der Waals surface area contributed by atoms with Gasteiger partial charge in [-0.15, -0.1) is 0 Å². The molecule has 0 atom stereocenters. The summed E-state index contributed by atoms with van der Waals surface area (Å²) in [5.74, 6) is 0. The zero-order valence-corrected chi connectivity index (χ0v) is 32.0. The van der Waals surface area contributed by atoms with Gasteiger partial charge in [0.2, 0.25) is 0 Å². The van der Waals surface area contributed by atoms with E-state index in [-0.39, 0.29) is 0 Å². The van der Waals surface area contributed by atoms with Crippen LogP contribution >= 0.6 is 0 Å². The first-order valence-corrected chi connectivity index (χ1v) is 20.1. The van der Waals surface area contributed by atoms with E-state index in [1.165, 1.54) is 27.5 Å². The molecule has 0 spiro atoms. The van der Waals surface area contributed by atoms with Gasteiger partial charge in [0.25, 0.3) is 0 Å². The predicted molar refractivity (Wildman–Crippen MR) is 247 cm³/mol. The Kier molecular flexibility index (Phi) is 7.54. The van der Waals surface area contributed by atoms with Crippen LogP contribution in [-0.4, -0.2) is 0 Å². The standard InChI is InChI=1S/C56H35NO2/c1-3-16-44-37(11-1)13-8-19-45(44)41-15-7-14-40(35-41)36-25-30-42(31-26-36)57(50-21-10-24-53-55(50)49-34-29-38-12-2-4-17-47(38)56(49)59-53)43-32-27-39(28-33-43)46-20-9-23-52-54(46)48-18-5-6-22-51(48)58-52/h1-35H. The van der Waals surface area contributed by atoms with Gasteiger partial charge in [0.15, 0.2) is 0 Å². The molecule has 0 N–H and O–H groups in total. The molecule has 12 aromatic rings. The van der Waals surface area contributed by atoms with Gasteiger partial charge in [-0.2, -0.15) is 0 Å². The SMILES string of the molecule is c1cc(-c2ccc(N(c3ccc(-c4cccc5oc6ccccc6c45)cc3)c3cccc4oc5c6ccccc6ccc5c34)cc2)cc(-c2cccc3ccccc23)c1. The predicted octanol–water partition coefficient (Wildman–Crippen LogP) is 16.3. The van der Waals surface area contributed by atoms with Crippen LogP contribution < -0.4 is 4.90 Å². The minimum atomic E-state index is 0.857. The zero-order valence-electron chi connectivity index (χ0n) is 32.0.